The molecule has 1 amide bonds. The first kappa shape index (κ1) is 17.7. The zero-order chi connectivity index (χ0) is 18.8. The van der Waals surface area contributed by atoms with Gasteiger partial charge in [-0.3, -0.25) is 4.79 Å². The summed E-state index contributed by atoms with van der Waals surface area (Å²) in [5, 5.41) is 2.94. The number of anilines is 1. The van der Waals surface area contributed by atoms with Gasteiger partial charge in [0, 0.05) is 42.7 Å². The van der Waals surface area contributed by atoms with Crippen LogP contribution in [0.3, 0.4) is 0 Å². The molecule has 1 fully saturated rings. The highest BCUT2D eigenvalue weighted by Crippen LogP contribution is 2.28. The molecule has 1 aliphatic rings. The molecule has 0 unspecified atom stereocenters. The summed E-state index contributed by atoms with van der Waals surface area (Å²) in [5.74, 6) is -0.150. The van der Waals surface area contributed by atoms with Gasteiger partial charge in [-0.15, -0.1) is 11.3 Å². The van der Waals surface area contributed by atoms with E-state index >= 15 is 0 Å². The van der Waals surface area contributed by atoms with E-state index in [1.807, 2.05) is 41.5 Å². The lowest BCUT2D eigenvalue weighted by molar-refractivity contribution is 0.0746. The van der Waals surface area contributed by atoms with Crippen molar-refractivity contribution >= 4 is 22.4 Å². The van der Waals surface area contributed by atoms with E-state index < -0.39 is 0 Å². The Morgan fingerprint density at radius 2 is 1.74 bits per heavy atom. The van der Waals surface area contributed by atoms with Crippen molar-refractivity contribution in [2.45, 2.75) is 6.92 Å². The summed E-state index contributed by atoms with van der Waals surface area (Å²) in [7, 11) is 0. The summed E-state index contributed by atoms with van der Waals surface area (Å²) >= 11 is 1.58. The van der Waals surface area contributed by atoms with Crippen LogP contribution in [0.1, 0.15) is 15.9 Å². The lowest BCUT2D eigenvalue weighted by atomic mass is 10.1. The molecule has 0 N–H and O–H groups in total. The van der Waals surface area contributed by atoms with Crippen molar-refractivity contribution in [2.75, 3.05) is 31.1 Å². The number of piperazine rings is 1. The smallest absolute Gasteiger partial charge is 0.254 e. The minimum Gasteiger partial charge on any atom is -0.345 e. The summed E-state index contributed by atoms with van der Waals surface area (Å²) in [5.41, 5.74) is 3.55. The molecule has 1 saturated heterocycles. The second-order valence-corrected chi connectivity index (χ2v) is 7.45. The summed E-state index contributed by atoms with van der Waals surface area (Å²) in [6, 6.07) is 14.1. The Labute approximate surface area is 161 Å². The van der Waals surface area contributed by atoms with Crippen LogP contribution in [-0.2, 0) is 0 Å². The van der Waals surface area contributed by atoms with Crippen LogP contribution in [0, 0.1) is 12.7 Å². The Bertz CT molecular complexity index is 946. The van der Waals surface area contributed by atoms with Gasteiger partial charge in [-0.2, -0.15) is 0 Å². The van der Waals surface area contributed by atoms with Crippen LogP contribution in [0.2, 0.25) is 0 Å². The largest absolute Gasteiger partial charge is 0.345 e. The minimum atomic E-state index is -0.247. The number of halogens is 1. The van der Waals surface area contributed by atoms with Crippen molar-refractivity contribution in [1.29, 1.82) is 0 Å². The molecule has 0 bridgehead atoms. The molecule has 4 rings (SSSR count). The highest BCUT2D eigenvalue weighted by Gasteiger charge is 2.24. The van der Waals surface area contributed by atoms with Crippen LogP contribution in [0.25, 0.3) is 11.3 Å². The molecule has 3 aromatic rings. The Kier molecular flexibility index (Phi) is 4.90. The van der Waals surface area contributed by atoms with Crippen molar-refractivity contribution in [3.8, 4) is 11.3 Å². The fraction of sp³-hybridized carbons (Fsp3) is 0.238. The number of aryl methyl sites for hydroxylation is 1. The molecule has 0 aliphatic carbocycles. The zero-order valence-electron chi connectivity index (χ0n) is 15.1. The second kappa shape index (κ2) is 7.48. The molecule has 0 atom stereocenters. The average molecular weight is 381 g/mol. The average Bonchev–Trinajstić information content (AvgIpc) is 3.19. The predicted octanol–water partition coefficient (Wildman–Crippen LogP) is 4.22. The van der Waals surface area contributed by atoms with Gasteiger partial charge >= 0.3 is 0 Å². The molecule has 2 aromatic carbocycles. The molecular weight excluding hydrogens is 361 g/mol. The van der Waals surface area contributed by atoms with E-state index in [9.17, 15) is 9.18 Å². The van der Waals surface area contributed by atoms with E-state index in [1.54, 1.807) is 23.5 Å². The Morgan fingerprint density at radius 1 is 1.04 bits per heavy atom. The van der Waals surface area contributed by atoms with Crippen molar-refractivity contribution in [3.63, 3.8) is 0 Å². The Hall–Kier alpha value is -2.73. The first-order valence-corrected chi connectivity index (χ1v) is 9.81. The fourth-order valence-electron chi connectivity index (χ4n) is 3.25. The number of nitrogens with zero attached hydrogens (tertiary/aromatic N) is 3. The van der Waals surface area contributed by atoms with Gasteiger partial charge in [0.2, 0.25) is 0 Å². The van der Waals surface area contributed by atoms with Gasteiger partial charge in [0.25, 0.3) is 5.91 Å². The molecule has 138 valence electrons. The molecule has 0 radical (unpaired) electrons. The van der Waals surface area contributed by atoms with Gasteiger partial charge in [-0.25, -0.2) is 9.37 Å². The fourth-order valence-corrected chi connectivity index (χ4v) is 4.14. The number of hydrogen-bond donors (Lipinski definition) is 0. The molecule has 27 heavy (non-hydrogen) atoms. The van der Waals surface area contributed by atoms with Crippen molar-refractivity contribution < 1.29 is 9.18 Å². The molecule has 4 nitrogen and oxygen atoms in total. The molecular formula is C21H20FN3OS. The van der Waals surface area contributed by atoms with Crippen molar-refractivity contribution in [1.82, 2.24) is 9.88 Å². The van der Waals surface area contributed by atoms with Crippen LogP contribution in [0.5, 0.6) is 0 Å². The number of carbonyl (C=O) groups is 1. The summed E-state index contributed by atoms with van der Waals surface area (Å²) < 4.78 is 13.1. The number of thiazole rings is 1. The molecule has 1 aliphatic heterocycles. The van der Waals surface area contributed by atoms with Crippen LogP contribution in [-0.4, -0.2) is 42.0 Å². The van der Waals surface area contributed by atoms with Gasteiger partial charge in [-0.05, 0) is 42.8 Å². The second-order valence-electron chi connectivity index (χ2n) is 6.62. The zero-order valence-corrected chi connectivity index (χ0v) is 15.9. The van der Waals surface area contributed by atoms with Gasteiger partial charge in [0.05, 0.1) is 5.69 Å². The highest BCUT2D eigenvalue weighted by molar-refractivity contribution is 7.14. The third-order valence-electron chi connectivity index (χ3n) is 4.84. The van der Waals surface area contributed by atoms with Crippen LogP contribution in [0.4, 0.5) is 9.52 Å². The van der Waals surface area contributed by atoms with Gasteiger partial charge in [0.1, 0.15) is 5.82 Å². The normalized spacial score (nSPS) is 14.4. The van der Waals surface area contributed by atoms with Crippen molar-refractivity contribution in [2.24, 2.45) is 0 Å². The molecule has 0 spiro atoms. The summed E-state index contributed by atoms with van der Waals surface area (Å²) in [4.78, 5) is 21.6. The number of amides is 1. The molecule has 6 heteroatoms. The Balaban J connectivity index is 1.42. The van der Waals surface area contributed by atoms with Crippen molar-refractivity contribution in [3.05, 3.63) is 70.9 Å². The van der Waals surface area contributed by atoms with Crippen LogP contribution >= 0.6 is 11.3 Å². The van der Waals surface area contributed by atoms with Crippen LogP contribution < -0.4 is 4.90 Å². The van der Waals surface area contributed by atoms with E-state index in [4.69, 9.17) is 4.98 Å². The number of rotatable bonds is 3. The lowest BCUT2D eigenvalue weighted by Crippen LogP contribution is -2.48. The highest BCUT2D eigenvalue weighted by atomic mass is 32.1. The Morgan fingerprint density at radius 3 is 2.44 bits per heavy atom. The van der Waals surface area contributed by atoms with Gasteiger partial charge in [0.15, 0.2) is 5.13 Å². The first-order chi connectivity index (χ1) is 13.1. The molecule has 0 saturated carbocycles. The van der Waals surface area contributed by atoms with E-state index in [0.717, 1.165) is 40.6 Å². The third-order valence-corrected chi connectivity index (χ3v) is 5.75. The number of carbonyl (C=O) groups excluding carboxylic acids is 1. The van der Waals surface area contributed by atoms with E-state index in [-0.39, 0.29) is 11.7 Å². The third kappa shape index (κ3) is 3.71. The van der Waals surface area contributed by atoms with E-state index in [0.29, 0.717) is 13.1 Å². The summed E-state index contributed by atoms with van der Waals surface area (Å²) in [6.07, 6.45) is 0. The van der Waals surface area contributed by atoms with Crippen LogP contribution in [0.15, 0.2) is 53.9 Å². The minimum absolute atomic E-state index is 0.0962. The monoisotopic (exact) mass is 381 g/mol. The SMILES string of the molecule is Cc1ccccc1C(=O)N1CCN(c2nc(-c3ccc(F)cc3)cs2)CC1. The first-order valence-electron chi connectivity index (χ1n) is 8.93. The standard InChI is InChI=1S/C21H20FN3OS/c1-15-4-2-3-5-18(15)20(26)24-10-12-25(13-11-24)21-23-19(14-27-21)16-6-8-17(22)9-7-16/h2-9,14H,10-13H2,1H3. The quantitative estimate of drug-likeness (QED) is 0.682. The van der Waals surface area contributed by atoms with Gasteiger partial charge in [-0.1, -0.05) is 18.2 Å². The maximum Gasteiger partial charge on any atom is 0.254 e. The molecule has 2 heterocycles. The topological polar surface area (TPSA) is 36.4 Å². The van der Waals surface area contributed by atoms with Gasteiger partial charge < -0.3 is 9.80 Å². The lowest BCUT2D eigenvalue weighted by Gasteiger charge is -2.34. The summed E-state index contributed by atoms with van der Waals surface area (Å²) in [6.45, 7) is 4.84. The maximum atomic E-state index is 13.1. The maximum absolute atomic E-state index is 13.1. The number of aromatic nitrogens is 1. The molecule has 1 aromatic heterocycles. The predicted molar refractivity (Wildman–Crippen MR) is 107 cm³/mol. The number of benzene rings is 2. The number of hydrogen-bond acceptors (Lipinski definition) is 4. The van der Waals surface area contributed by atoms with E-state index in [2.05, 4.69) is 4.90 Å². The van der Waals surface area contributed by atoms with E-state index in [1.165, 1.54) is 12.1 Å².